The molecule has 34 heavy (non-hydrogen) atoms. The van der Waals surface area contributed by atoms with Crippen molar-refractivity contribution in [3.05, 3.63) is 95.1 Å². The number of amides is 1. The monoisotopic (exact) mass is 457 g/mol. The van der Waals surface area contributed by atoms with Gasteiger partial charge in [0, 0.05) is 24.6 Å². The first-order valence-corrected chi connectivity index (χ1v) is 11.4. The molecule has 3 aromatic carbocycles. The number of hydrogen-bond donors (Lipinski definition) is 0. The number of hydrogen-bond acceptors (Lipinski definition) is 5. The van der Waals surface area contributed by atoms with Crippen LogP contribution in [0, 0.1) is 6.92 Å². The molecule has 0 fully saturated rings. The molecule has 1 aliphatic heterocycles. The number of hydrazone groups is 1. The topological polar surface area (TPSA) is 54.4 Å². The molecular formula is C28H31N3O3. The van der Waals surface area contributed by atoms with Crippen molar-refractivity contribution in [2.45, 2.75) is 25.9 Å². The molecule has 0 N–H and O–H groups in total. The number of aryl methyl sites for hydroxylation is 1. The number of likely N-dealkylation sites (N-methyl/N-ethyl adjacent to an activating group) is 1. The van der Waals surface area contributed by atoms with Gasteiger partial charge < -0.3 is 9.47 Å². The molecule has 0 aliphatic carbocycles. The summed E-state index contributed by atoms with van der Waals surface area (Å²) in [5.41, 5.74) is 5.16. The predicted molar refractivity (Wildman–Crippen MR) is 134 cm³/mol. The van der Waals surface area contributed by atoms with E-state index in [0.717, 1.165) is 28.0 Å². The van der Waals surface area contributed by atoms with Crippen LogP contribution in [0.15, 0.2) is 77.9 Å². The number of nitrogens with zero attached hydrogens (tertiary/aromatic N) is 3. The van der Waals surface area contributed by atoms with E-state index in [1.54, 1.807) is 19.2 Å². The van der Waals surface area contributed by atoms with Crippen LogP contribution in [0.5, 0.6) is 11.5 Å². The Balaban J connectivity index is 1.63. The highest BCUT2D eigenvalue weighted by Gasteiger charge is 2.35. The molecule has 176 valence electrons. The van der Waals surface area contributed by atoms with Gasteiger partial charge in [0.1, 0.15) is 11.5 Å². The van der Waals surface area contributed by atoms with Gasteiger partial charge in [-0.25, -0.2) is 5.01 Å². The van der Waals surface area contributed by atoms with Crippen LogP contribution < -0.4 is 9.47 Å². The largest absolute Gasteiger partial charge is 0.497 e. The fourth-order valence-electron chi connectivity index (χ4n) is 4.33. The van der Waals surface area contributed by atoms with Gasteiger partial charge in [0.25, 0.3) is 5.91 Å². The third-order valence-electron chi connectivity index (χ3n) is 6.02. The van der Waals surface area contributed by atoms with E-state index in [-0.39, 0.29) is 18.5 Å². The van der Waals surface area contributed by atoms with E-state index in [4.69, 9.17) is 14.6 Å². The lowest BCUT2D eigenvalue weighted by molar-refractivity contribution is -0.134. The summed E-state index contributed by atoms with van der Waals surface area (Å²) < 4.78 is 11.0. The number of carbonyl (C=O) groups excluding carboxylic acids is 1. The fourth-order valence-corrected chi connectivity index (χ4v) is 4.33. The molecule has 4 rings (SSSR count). The second-order valence-corrected chi connectivity index (χ2v) is 8.64. The lowest BCUT2D eigenvalue weighted by Crippen LogP contribution is -2.36. The Morgan fingerprint density at radius 2 is 1.82 bits per heavy atom. The third kappa shape index (κ3) is 5.29. The van der Waals surface area contributed by atoms with E-state index in [1.165, 1.54) is 0 Å². The molecular weight excluding hydrogens is 426 g/mol. The summed E-state index contributed by atoms with van der Waals surface area (Å²) in [6, 6.07) is 23.8. The van der Waals surface area contributed by atoms with Crippen molar-refractivity contribution in [1.29, 1.82) is 0 Å². The van der Waals surface area contributed by atoms with Crippen molar-refractivity contribution in [2.24, 2.45) is 5.10 Å². The van der Waals surface area contributed by atoms with Crippen LogP contribution in [0.2, 0.25) is 0 Å². The molecule has 0 saturated carbocycles. The maximum Gasteiger partial charge on any atom is 0.257 e. The molecule has 0 radical (unpaired) electrons. The molecule has 6 nitrogen and oxygen atoms in total. The Kier molecular flexibility index (Phi) is 7.28. The van der Waals surface area contributed by atoms with Crippen LogP contribution >= 0.6 is 0 Å². The molecule has 1 atom stereocenters. The molecule has 0 unspecified atom stereocenters. The van der Waals surface area contributed by atoms with Crippen LogP contribution in [0.3, 0.4) is 0 Å². The quantitative estimate of drug-likeness (QED) is 0.487. The summed E-state index contributed by atoms with van der Waals surface area (Å²) in [4.78, 5) is 15.5. The van der Waals surface area contributed by atoms with Crippen LogP contribution in [-0.2, 0) is 11.3 Å². The molecule has 0 spiro atoms. The van der Waals surface area contributed by atoms with Gasteiger partial charge in [0.2, 0.25) is 0 Å². The van der Waals surface area contributed by atoms with E-state index in [9.17, 15) is 4.79 Å². The predicted octanol–water partition coefficient (Wildman–Crippen LogP) is 4.82. The van der Waals surface area contributed by atoms with Crippen LogP contribution in [0.1, 0.15) is 34.7 Å². The van der Waals surface area contributed by atoms with Crippen LogP contribution in [-0.4, -0.2) is 49.3 Å². The Labute approximate surface area is 201 Å². The zero-order valence-electron chi connectivity index (χ0n) is 20.2. The van der Waals surface area contributed by atoms with E-state index >= 15 is 0 Å². The lowest BCUT2D eigenvalue weighted by atomic mass is 9.97. The third-order valence-corrected chi connectivity index (χ3v) is 6.02. The molecule has 6 heteroatoms. The van der Waals surface area contributed by atoms with Crippen molar-refractivity contribution in [2.75, 3.05) is 27.8 Å². The van der Waals surface area contributed by atoms with Gasteiger partial charge in [-0.2, -0.15) is 5.10 Å². The average molecular weight is 458 g/mol. The minimum absolute atomic E-state index is 0.0519. The smallest absolute Gasteiger partial charge is 0.257 e. The van der Waals surface area contributed by atoms with Crippen molar-refractivity contribution in [1.82, 2.24) is 9.91 Å². The summed E-state index contributed by atoms with van der Waals surface area (Å²) >= 11 is 0. The standard InChI is InChI=1S/C28H31N3O3/c1-20-9-8-12-22(15-20)25-17-26(24-14-13-23(33-3)16-27(24)34-4)31(29-25)28(32)19-30(2)18-21-10-6-5-7-11-21/h5-16,26H,17-19H2,1-4H3/t26-/m0/s1. The summed E-state index contributed by atoms with van der Waals surface area (Å²) in [6.07, 6.45) is 0.611. The first-order valence-electron chi connectivity index (χ1n) is 11.4. The number of carbonyl (C=O) groups is 1. The van der Waals surface area contributed by atoms with E-state index in [0.29, 0.717) is 24.5 Å². The van der Waals surface area contributed by atoms with Crippen LogP contribution in [0.25, 0.3) is 0 Å². The zero-order chi connectivity index (χ0) is 24.1. The van der Waals surface area contributed by atoms with Gasteiger partial charge >= 0.3 is 0 Å². The first kappa shape index (κ1) is 23.5. The zero-order valence-corrected chi connectivity index (χ0v) is 20.2. The molecule has 1 aliphatic rings. The molecule has 0 saturated heterocycles. The molecule has 0 aromatic heterocycles. The number of benzene rings is 3. The maximum absolute atomic E-state index is 13.5. The Morgan fingerprint density at radius 3 is 2.53 bits per heavy atom. The lowest BCUT2D eigenvalue weighted by Gasteiger charge is -2.26. The van der Waals surface area contributed by atoms with Crippen molar-refractivity contribution in [3.8, 4) is 11.5 Å². The van der Waals surface area contributed by atoms with Gasteiger partial charge in [-0.15, -0.1) is 0 Å². The normalized spacial score (nSPS) is 15.4. The highest BCUT2D eigenvalue weighted by atomic mass is 16.5. The minimum atomic E-state index is -0.256. The second-order valence-electron chi connectivity index (χ2n) is 8.64. The molecule has 3 aromatic rings. The number of methoxy groups -OCH3 is 2. The van der Waals surface area contributed by atoms with Gasteiger partial charge in [-0.1, -0.05) is 60.2 Å². The Bertz CT molecular complexity index is 1180. The van der Waals surface area contributed by atoms with E-state index in [1.807, 2.05) is 60.5 Å². The molecule has 1 heterocycles. The van der Waals surface area contributed by atoms with Crippen molar-refractivity contribution >= 4 is 11.6 Å². The van der Waals surface area contributed by atoms with Gasteiger partial charge in [-0.05, 0) is 37.2 Å². The second kappa shape index (κ2) is 10.5. The van der Waals surface area contributed by atoms with Gasteiger partial charge in [0.05, 0.1) is 32.5 Å². The maximum atomic E-state index is 13.5. The summed E-state index contributed by atoms with van der Waals surface area (Å²) in [5.74, 6) is 1.34. The summed E-state index contributed by atoms with van der Waals surface area (Å²) in [7, 11) is 5.21. The van der Waals surface area contributed by atoms with Gasteiger partial charge in [0.15, 0.2) is 0 Å². The number of ether oxygens (including phenoxy) is 2. The summed E-state index contributed by atoms with van der Waals surface area (Å²) in [6.45, 7) is 3.00. The SMILES string of the molecule is COc1ccc([C@@H]2CC(c3cccc(C)c3)=NN2C(=O)CN(C)Cc2ccccc2)c(OC)c1. The Hall–Kier alpha value is -3.64. The summed E-state index contributed by atoms with van der Waals surface area (Å²) in [5, 5.41) is 6.45. The first-order chi connectivity index (χ1) is 16.5. The average Bonchev–Trinajstić information content (AvgIpc) is 3.29. The van der Waals surface area contributed by atoms with Crippen LogP contribution in [0.4, 0.5) is 0 Å². The highest BCUT2D eigenvalue weighted by molar-refractivity contribution is 6.03. The van der Waals surface area contributed by atoms with Crippen molar-refractivity contribution < 1.29 is 14.3 Å². The van der Waals surface area contributed by atoms with E-state index in [2.05, 4.69) is 31.2 Å². The minimum Gasteiger partial charge on any atom is -0.497 e. The van der Waals surface area contributed by atoms with Gasteiger partial charge in [-0.3, -0.25) is 9.69 Å². The molecule has 0 bridgehead atoms. The molecule has 1 amide bonds. The Morgan fingerprint density at radius 1 is 1.03 bits per heavy atom. The highest BCUT2D eigenvalue weighted by Crippen LogP contribution is 2.39. The van der Waals surface area contributed by atoms with Crippen molar-refractivity contribution in [3.63, 3.8) is 0 Å². The number of rotatable bonds is 8. The van der Waals surface area contributed by atoms with E-state index < -0.39 is 0 Å². The fraction of sp³-hybridized carbons (Fsp3) is 0.286.